The van der Waals surface area contributed by atoms with Crippen molar-refractivity contribution in [3.8, 4) is 17.0 Å². The Morgan fingerprint density at radius 3 is 2.57 bits per heavy atom. The fraction of sp³-hybridized carbons (Fsp3) is 0.158. The molecule has 0 aliphatic rings. The molecule has 4 heteroatoms. The van der Waals surface area contributed by atoms with E-state index in [1.807, 2.05) is 36.4 Å². The molecule has 0 fully saturated rings. The van der Waals surface area contributed by atoms with Crippen LogP contribution in [0.4, 0.5) is 5.82 Å². The van der Waals surface area contributed by atoms with Crippen molar-refractivity contribution in [1.82, 2.24) is 9.97 Å². The molecule has 116 valence electrons. The lowest BCUT2D eigenvalue weighted by Gasteiger charge is -2.08. The van der Waals surface area contributed by atoms with E-state index in [1.165, 1.54) is 11.1 Å². The van der Waals surface area contributed by atoms with Gasteiger partial charge in [-0.3, -0.25) is 0 Å². The molecule has 0 atom stereocenters. The number of rotatable bonds is 5. The topological polar surface area (TPSA) is 47.0 Å². The van der Waals surface area contributed by atoms with Crippen molar-refractivity contribution in [2.75, 3.05) is 12.4 Å². The molecule has 23 heavy (non-hydrogen) atoms. The number of aromatic nitrogens is 2. The first-order valence-electron chi connectivity index (χ1n) is 7.50. The van der Waals surface area contributed by atoms with Gasteiger partial charge in [-0.05, 0) is 30.7 Å². The molecule has 1 heterocycles. The highest BCUT2D eigenvalue weighted by Crippen LogP contribution is 2.20. The van der Waals surface area contributed by atoms with Crippen molar-refractivity contribution in [2.24, 2.45) is 0 Å². The second-order valence-electron chi connectivity index (χ2n) is 5.36. The lowest BCUT2D eigenvalue weighted by molar-refractivity contribution is 0.414. The van der Waals surface area contributed by atoms with Crippen LogP contribution in [-0.2, 0) is 6.54 Å². The van der Waals surface area contributed by atoms with Gasteiger partial charge in [-0.15, -0.1) is 0 Å². The lowest BCUT2D eigenvalue weighted by atomic mass is 10.1. The number of benzene rings is 2. The molecule has 2 aromatic carbocycles. The fourth-order valence-electron chi connectivity index (χ4n) is 2.35. The van der Waals surface area contributed by atoms with E-state index in [0.717, 1.165) is 22.8 Å². The molecule has 0 saturated heterocycles. The predicted molar refractivity (Wildman–Crippen MR) is 92.5 cm³/mol. The minimum atomic E-state index is 0.703. The van der Waals surface area contributed by atoms with Crippen LogP contribution in [0.2, 0.25) is 0 Å². The van der Waals surface area contributed by atoms with Crippen molar-refractivity contribution in [3.63, 3.8) is 0 Å². The van der Waals surface area contributed by atoms with Crippen LogP contribution in [0.3, 0.4) is 0 Å². The summed E-state index contributed by atoms with van der Waals surface area (Å²) >= 11 is 0. The van der Waals surface area contributed by atoms with E-state index in [0.29, 0.717) is 6.54 Å². The summed E-state index contributed by atoms with van der Waals surface area (Å²) in [4.78, 5) is 8.65. The van der Waals surface area contributed by atoms with Gasteiger partial charge in [0.2, 0.25) is 0 Å². The first-order chi connectivity index (χ1) is 11.2. The zero-order chi connectivity index (χ0) is 16.1. The maximum atomic E-state index is 5.17. The first-order valence-corrected chi connectivity index (χ1v) is 7.50. The average Bonchev–Trinajstić information content (AvgIpc) is 2.61. The Kier molecular flexibility index (Phi) is 4.52. The Bertz CT molecular complexity index is 785. The smallest absolute Gasteiger partial charge is 0.130 e. The molecule has 1 N–H and O–H groups in total. The zero-order valence-corrected chi connectivity index (χ0v) is 13.3. The van der Waals surface area contributed by atoms with Crippen LogP contribution in [0.1, 0.15) is 11.1 Å². The van der Waals surface area contributed by atoms with Crippen molar-refractivity contribution in [1.29, 1.82) is 0 Å². The van der Waals surface area contributed by atoms with Crippen LogP contribution < -0.4 is 10.1 Å². The van der Waals surface area contributed by atoms with Gasteiger partial charge in [-0.2, -0.15) is 0 Å². The normalized spacial score (nSPS) is 10.3. The lowest BCUT2D eigenvalue weighted by Crippen LogP contribution is -2.02. The van der Waals surface area contributed by atoms with Crippen molar-refractivity contribution >= 4 is 5.82 Å². The summed E-state index contributed by atoms with van der Waals surface area (Å²) < 4.78 is 5.17. The van der Waals surface area contributed by atoms with Gasteiger partial charge in [0.05, 0.1) is 12.8 Å². The molecule has 3 aromatic rings. The van der Waals surface area contributed by atoms with E-state index in [2.05, 4.69) is 40.4 Å². The summed E-state index contributed by atoms with van der Waals surface area (Å²) in [6, 6.07) is 18.2. The van der Waals surface area contributed by atoms with Crippen LogP contribution in [0, 0.1) is 6.92 Å². The Morgan fingerprint density at radius 1 is 1.00 bits per heavy atom. The maximum absolute atomic E-state index is 5.17. The molecule has 0 amide bonds. The number of nitrogens with zero attached hydrogens (tertiary/aromatic N) is 2. The first kappa shape index (κ1) is 15.0. The van der Waals surface area contributed by atoms with Crippen LogP contribution >= 0.6 is 0 Å². The quantitative estimate of drug-likeness (QED) is 0.772. The summed E-state index contributed by atoms with van der Waals surface area (Å²) in [5.74, 6) is 1.67. The van der Waals surface area contributed by atoms with Crippen LogP contribution in [-0.4, -0.2) is 17.1 Å². The van der Waals surface area contributed by atoms with E-state index in [1.54, 1.807) is 13.4 Å². The standard InChI is InChI=1S/C19H19N3O/c1-14-4-3-5-16(10-14)18-11-19(22-13-21-18)20-12-15-6-8-17(23-2)9-7-15/h3-11,13H,12H2,1-2H3,(H,20,21,22). The highest BCUT2D eigenvalue weighted by molar-refractivity contribution is 5.62. The van der Waals surface area contributed by atoms with Crippen LogP contribution in [0.15, 0.2) is 60.9 Å². The third kappa shape index (κ3) is 3.86. The number of nitrogens with one attached hydrogen (secondary N) is 1. The molecule has 0 aliphatic carbocycles. The van der Waals surface area contributed by atoms with E-state index in [4.69, 9.17) is 4.74 Å². The molecule has 4 nitrogen and oxygen atoms in total. The minimum Gasteiger partial charge on any atom is -0.497 e. The second-order valence-corrected chi connectivity index (χ2v) is 5.36. The van der Waals surface area contributed by atoms with Crippen molar-refractivity contribution in [2.45, 2.75) is 13.5 Å². The Morgan fingerprint density at radius 2 is 1.83 bits per heavy atom. The molecular weight excluding hydrogens is 286 g/mol. The molecule has 1 aromatic heterocycles. The molecule has 0 bridgehead atoms. The van der Waals surface area contributed by atoms with Crippen molar-refractivity contribution in [3.05, 3.63) is 72.1 Å². The molecule has 0 radical (unpaired) electrons. The third-order valence-electron chi connectivity index (χ3n) is 3.61. The van der Waals surface area contributed by atoms with Gasteiger partial charge >= 0.3 is 0 Å². The highest BCUT2D eigenvalue weighted by Gasteiger charge is 2.02. The molecule has 0 spiro atoms. The van der Waals surface area contributed by atoms with Crippen molar-refractivity contribution < 1.29 is 4.74 Å². The Hall–Kier alpha value is -2.88. The van der Waals surface area contributed by atoms with E-state index < -0.39 is 0 Å². The molecule has 0 aliphatic heterocycles. The van der Waals surface area contributed by atoms with E-state index in [9.17, 15) is 0 Å². The number of hydrogen-bond acceptors (Lipinski definition) is 4. The summed E-state index contributed by atoms with van der Waals surface area (Å²) in [6.45, 7) is 2.78. The predicted octanol–water partition coefficient (Wildman–Crippen LogP) is 4.07. The molecular formula is C19H19N3O. The number of anilines is 1. The molecule has 0 saturated carbocycles. The van der Waals surface area contributed by atoms with Crippen LogP contribution in [0.5, 0.6) is 5.75 Å². The van der Waals surface area contributed by atoms with Gasteiger partial charge in [-0.25, -0.2) is 9.97 Å². The van der Waals surface area contributed by atoms with Gasteiger partial charge in [0.15, 0.2) is 0 Å². The average molecular weight is 305 g/mol. The van der Waals surface area contributed by atoms with E-state index >= 15 is 0 Å². The third-order valence-corrected chi connectivity index (χ3v) is 3.61. The monoisotopic (exact) mass is 305 g/mol. The van der Waals surface area contributed by atoms with Gasteiger partial charge in [0, 0.05) is 18.2 Å². The minimum absolute atomic E-state index is 0.703. The summed E-state index contributed by atoms with van der Waals surface area (Å²) in [7, 11) is 1.67. The SMILES string of the molecule is COc1ccc(CNc2cc(-c3cccc(C)c3)ncn2)cc1. The largest absolute Gasteiger partial charge is 0.497 e. The summed E-state index contributed by atoms with van der Waals surface area (Å²) in [6.07, 6.45) is 1.59. The van der Waals surface area contributed by atoms with Gasteiger partial charge < -0.3 is 10.1 Å². The van der Waals surface area contributed by atoms with Crippen LogP contribution in [0.25, 0.3) is 11.3 Å². The zero-order valence-electron chi connectivity index (χ0n) is 13.3. The van der Waals surface area contributed by atoms with Gasteiger partial charge in [0.25, 0.3) is 0 Å². The Labute approximate surface area is 136 Å². The maximum Gasteiger partial charge on any atom is 0.130 e. The molecule has 3 rings (SSSR count). The second kappa shape index (κ2) is 6.92. The number of methoxy groups -OCH3 is 1. The fourth-order valence-corrected chi connectivity index (χ4v) is 2.35. The van der Waals surface area contributed by atoms with E-state index in [-0.39, 0.29) is 0 Å². The van der Waals surface area contributed by atoms with Gasteiger partial charge in [0.1, 0.15) is 17.9 Å². The summed E-state index contributed by atoms with van der Waals surface area (Å²) in [5, 5.41) is 3.33. The Balaban J connectivity index is 1.72. The highest BCUT2D eigenvalue weighted by atomic mass is 16.5. The molecule has 0 unspecified atom stereocenters. The number of hydrogen-bond donors (Lipinski definition) is 1. The number of aryl methyl sites for hydroxylation is 1. The number of ether oxygens (including phenoxy) is 1. The van der Waals surface area contributed by atoms with Gasteiger partial charge in [-0.1, -0.05) is 35.9 Å². The summed E-state index contributed by atoms with van der Waals surface area (Å²) in [5.41, 5.74) is 4.40.